The van der Waals surface area contributed by atoms with E-state index in [1.54, 1.807) is 7.11 Å². The number of carbonyl (C=O) groups is 1. The Morgan fingerprint density at radius 2 is 2.06 bits per heavy atom. The van der Waals surface area contributed by atoms with Gasteiger partial charge in [-0.1, -0.05) is 0 Å². The summed E-state index contributed by atoms with van der Waals surface area (Å²) < 4.78 is 5.04. The monoisotopic (exact) mass is 239 g/mol. The molecule has 1 amide bonds. The van der Waals surface area contributed by atoms with E-state index in [9.17, 15) is 4.79 Å². The second kappa shape index (κ2) is 3.98. The molecule has 16 heavy (non-hydrogen) atoms. The van der Waals surface area contributed by atoms with Crippen LogP contribution in [0.5, 0.6) is 5.75 Å². The summed E-state index contributed by atoms with van der Waals surface area (Å²) in [4.78, 5) is 11.8. The van der Waals surface area contributed by atoms with Crippen LogP contribution in [0.2, 0.25) is 0 Å². The van der Waals surface area contributed by atoms with E-state index in [-0.39, 0.29) is 11.3 Å². The van der Waals surface area contributed by atoms with E-state index < -0.39 is 5.41 Å². The molecule has 1 aliphatic rings. The Bertz CT molecular complexity index is 404. The summed E-state index contributed by atoms with van der Waals surface area (Å²) >= 11 is 5.92. The number of hydrogen-bond donors (Lipinski definition) is 1. The molecule has 0 aromatic heterocycles. The molecule has 2 atom stereocenters. The van der Waals surface area contributed by atoms with E-state index in [1.165, 1.54) is 0 Å². The molecule has 3 nitrogen and oxygen atoms in total. The van der Waals surface area contributed by atoms with E-state index >= 15 is 0 Å². The maximum Gasteiger partial charge on any atom is 0.231 e. The van der Waals surface area contributed by atoms with Crippen molar-refractivity contribution in [3.8, 4) is 5.75 Å². The lowest BCUT2D eigenvalue weighted by atomic mass is 10.1. The number of methoxy groups -OCH3 is 1. The number of halogens is 1. The number of anilines is 1. The molecule has 0 bridgehead atoms. The molecule has 0 aliphatic heterocycles. The molecule has 2 rings (SSSR count). The Morgan fingerprint density at radius 1 is 1.50 bits per heavy atom. The first-order valence-corrected chi connectivity index (χ1v) is 5.59. The van der Waals surface area contributed by atoms with Gasteiger partial charge < -0.3 is 10.1 Å². The molecule has 1 fully saturated rings. The Labute approximate surface area is 99.7 Å². The smallest absolute Gasteiger partial charge is 0.231 e. The maximum absolute atomic E-state index is 11.8. The Kier molecular flexibility index (Phi) is 2.80. The number of ether oxygens (including phenoxy) is 1. The van der Waals surface area contributed by atoms with Crippen molar-refractivity contribution in [3.05, 3.63) is 24.3 Å². The summed E-state index contributed by atoms with van der Waals surface area (Å²) in [5, 5.41) is 2.81. The highest BCUT2D eigenvalue weighted by Gasteiger charge is 2.55. The van der Waals surface area contributed by atoms with Crippen LogP contribution in [-0.4, -0.2) is 18.4 Å². The lowest BCUT2D eigenvalue weighted by molar-refractivity contribution is -0.120. The van der Waals surface area contributed by atoms with Crippen LogP contribution >= 0.6 is 11.6 Å². The second-order valence-electron chi connectivity index (χ2n) is 4.27. The summed E-state index contributed by atoms with van der Waals surface area (Å²) in [6.07, 6.45) is 0.747. The molecule has 0 radical (unpaired) electrons. The first kappa shape index (κ1) is 11.3. The van der Waals surface area contributed by atoms with Crippen molar-refractivity contribution in [2.75, 3.05) is 12.4 Å². The van der Waals surface area contributed by atoms with E-state index in [0.29, 0.717) is 0 Å². The molecular weight excluding hydrogens is 226 g/mol. The third-order valence-electron chi connectivity index (χ3n) is 3.00. The van der Waals surface area contributed by atoms with Crippen LogP contribution in [0.1, 0.15) is 13.3 Å². The van der Waals surface area contributed by atoms with E-state index in [0.717, 1.165) is 17.9 Å². The van der Waals surface area contributed by atoms with Gasteiger partial charge in [-0.25, -0.2) is 0 Å². The standard InChI is InChI=1S/C12H14ClNO2/c1-12(7-10(12)13)11(15)14-8-3-5-9(16-2)6-4-8/h3-6,10H,7H2,1-2H3,(H,14,15). The van der Waals surface area contributed by atoms with Gasteiger partial charge in [0.25, 0.3) is 0 Å². The molecular formula is C12H14ClNO2. The maximum atomic E-state index is 11.8. The molecule has 1 aromatic rings. The van der Waals surface area contributed by atoms with Gasteiger partial charge in [-0.3, -0.25) is 4.79 Å². The van der Waals surface area contributed by atoms with Crippen LogP contribution in [0.4, 0.5) is 5.69 Å². The van der Waals surface area contributed by atoms with Crippen LogP contribution in [0.15, 0.2) is 24.3 Å². The van der Waals surface area contributed by atoms with Gasteiger partial charge >= 0.3 is 0 Å². The molecule has 1 aromatic carbocycles. The summed E-state index contributed by atoms with van der Waals surface area (Å²) in [5.41, 5.74) is 0.365. The average Bonchev–Trinajstić information content (AvgIpc) is 2.89. The molecule has 0 spiro atoms. The van der Waals surface area contributed by atoms with Crippen LogP contribution < -0.4 is 10.1 Å². The molecule has 0 saturated heterocycles. The fraction of sp³-hybridized carbons (Fsp3) is 0.417. The molecule has 1 saturated carbocycles. The normalized spacial score (nSPS) is 27.3. The Balaban J connectivity index is 2.01. The minimum absolute atomic E-state index is 0.0160. The molecule has 2 unspecified atom stereocenters. The summed E-state index contributed by atoms with van der Waals surface area (Å²) in [7, 11) is 1.61. The number of benzene rings is 1. The van der Waals surface area contributed by atoms with Crippen molar-refractivity contribution in [1.82, 2.24) is 0 Å². The minimum atomic E-state index is -0.401. The van der Waals surface area contributed by atoms with Gasteiger partial charge in [-0.05, 0) is 37.6 Å². The van der Waals surface area contributed by atoms with Crippen LogP contribution in [0.3, 0.4) is 0 Å². The quantitative estimate of drug-likeness (QED) is 0.824. The zero-order valence-corrected chi connectivity index (χ0v) is 10.0. The van der Waals surface area contributed by atoms with Gasteiger partial charge in [0.2, 0.25) is 5.91 Å². The van der Waals surface area contributed by atoms with Crippen molar-refractivity contribution in [2.24, 2.45) is 5.41 Å². The molecule has 4 heteroatoms. The van der Waals surface area contributed by atoms with Crippen molar-refractivity contribution in [1.29, 1.82) is 0 Å². The SMILES string of the molecule is COc1ccc(NC(=O)C2(C)CC2Cl)cc1. The summed E-state index contributed by atoms with van der Waals surface area (Å²) in [5.74, 6) is 0.753. The number of carbonyl (C=O) groups excluding carboxylic acids is 1. The fourth-order valence-corrected chi connectivity index (χ4v) is 1.92. The van der Waals surface area contributed by atoms with E-state index in [2.05, 4.69) is 5.32 Å². The predicted molar refractivity (Wildman–Crippen MR) is 64.0 cm³/mol. The summed E-state index contributed by atoms with van der Waals surface area (Å²) in [6.45, 7) is 1.88. The van der Waals surface area contributed by atoms with Crippen molar-refractivity contribution < 1.29 is 9.53 Å². The van der Waals surface area contributed by atoms with Gasteiger partial charge in [0.1, 0.15) is 5.75 Å². The van der Waals surface area contributed by atoms with Gasteiger partial charge in [0, 0.05) is 11.1 Å². The number of rotatable bonds is 3. The first-order chi connectivity index (χ1) is 7.56. The largest absolute Gasteiger partial charge is 0.497 e. The van der Waals surface area contributed by atoms with Crippen molar-refractivity contribution in [3.63, 3.8) is 0 Å². The number of alkyl halides is 1. The first-order valence-electron chi connectivity index (χ1n) is 5.16. The van der Waals surface area contributed by atoms with Gasteiger partial charge in [-0.2, -0.15) is 0 Å². The van der Waals surface area contributed by atoms with E-state index in [4.69, 9.17) is 16.3 Å². The van der Waals surface area contributed by atoms with E-state index in [1.807, 2.05) is 31.2 Å². The summed E-state index contributed by atoms with van der Waals surface area (Å²) in [6, 6.07) is 7.24. The zero-order chi connectivity index (χ0) is 11.8. The third kappa shape index (κ3) is 2.00. The number of nitrogens with one attached hydrogen (secondary N) is 1. The average molecular weight is 240 g/mol. The van der Waals surface area contributed by atoms with Crippen LogP contribution in [0.25, 0.3) is 0 Å². The van der Waals surface area contributed by atoms with Gasteiger partial charge in [-0.15, -0.1) is 11.6 Å². The lowest BCUT2D eigenvalue weighted by Crippen LogP contribution is -2.23. The molecule has 1 aliphatic carbocycles. The molecule has 0 heterocycles. The highest BCUT2D eigenvalue weighted by atomic mass is 35.5. The fourth-order valence-electron chi connectivity index (χ4n) is 1.50. The molecule has 86 valence electrons. The van der Waals surface area contributed by atoms with Crippen molar-refractivity contribution >= 4 is 23.2 Å². The Morgan fingerprint density at radius 3 is 2.50 bits per heavy atom. The van der Waals surface area contributed by atoms with Crippen molar-refractivity contribution in [2.45, 2.75) is 18.7 Å². The second-order valence-corrected chi connectivity index (χ2v) is 4.80. The zero-order valence-electron chi connectivity index (χ0n) is 9.29. The van der Waals surface area contributed by atoms with Gasteiger partial charge in [0.15, 0.2) is 0 Å². The third-order valence-corrected chi connectivity index (χ3v) is 3.64. The molecule has 1 N–H and O–H groups in total. The lowest BCUT2D eigenvalue weighted by Gasteiger charge is -2.10. The van der Waals surface area contributed by atoms with Crippen LogP contribution in [-0.2, 0) is 4.79 Å². The predicted octanol–water partition coefficient (Wildman–Crippen LogP) is 2.65. The number of amides is 1. The van der Waals surface area contributed by atoms with Gasteiger partial charge in [0.05, 0.1) is 12.5 Å². The minimum Gasteiger partial charge on any atom is -0.497 e. The highest BCUT2D eigenvalue weighted by Crippen LogP contribution is 2.50. The topological polar surface area (TPSA) is 38.3 Å². The Hall–Kier alpha value is -1.22. The van der Waals surface area contributed by atoms with Crippen LogP contribution in [0, 0.1) is 5.41 Å². The highest BCUT2D eigenvalue weighted by molar-refractivity contribution is 6.26. The number of hydrogen-bond acceptors (Lipinski definition) is 2.